The Labute approximate surface area is 175 Å². The average molecular weight is 433 g/mol. The predicted octanol–water partition coefficient (Wildman–Crippen LogP) is 1.77. The van der Waals surface area contributed by atoms with Crippen molar-refractivity contribution in [3.8, 4) is 5.75 Å². The summed E-state index contributed by atoms with van der Waals surface area (Å²) >= 11 is 0. The van der Waals surface area contributed by atoms with E-state index in [-0.39, 0.29) is 28.3 Å². The molecule has 1 aliphatic heterocycles. The number of piperidine rings is 1. The molecule has 0 aromatic heterocycles. The number of nitrogens with two attached hydrogens (primary N) is 1. The Hall–Kier alpha value is -3.11. The van der Waals surface area contributed by atoms with Crippen LogP contribution in [0.3, 0.4) is 0 Å². The number of sulfonamides is 1. The Kier molecular flexibility index (Phi) is 6.58. The van der Waals surface area contributed by atoms with Gasteiger partial charge in [0, 0.05) is 24.8 Å². The second kappa shape index (κ2) is 9.14. The summed E-state index contributed by atoms with van der Waals surface area (Å²) in [6, 6.07) is 12.7. The fourth-order valence-electron chi connectivity index (χ4n) is 3.26. The molecule has 0 saturated carbocycles. The number of likely N-dealkylation sites (tertiary alicyclic amines) is 1. The summed E-state index contributed by atoms with van der Waals surface area (Å²) in [4.78, 5) is 26.6. The molecular formula is C20H24N4O5S. The minimum absolute atomic E-state index is 0.0910. The Morgan fingerprint density at radius 3 is 2.37 bits per heavy atom. The Bertz CT molecular complexity index is 1020. The lowest BCUT2D eigenvalue weighted by molar-refractivity contribution is 0.0916. The monoisotopic (exact) mass is 432 g/mol. The van der Waals surface area contributed by atoms with Gasteiger partial charge >= 0.3 is 6.03 Å². The van der Waals surface area contributed by atoms with E-state index in [1.807, 2.05) is 30.3 Å². The van der Waals surface area contributed by atoms with Crippen LogP contribution in [-0.2, 0) is 10.0 Å². The van der Waals surface area contributed by atoms with Gasteiger partial charge in [-0.05, 0) is 43.2 Å². The van der Waals surface area contributed by atoms with E-state index in [9.17, 15) is 18.0 Å². The van der Waals surface area contributed by atoms with Gasteiger partial charge in [0.05, 0.1) is 17.6 Å². The molecule has 0 bridgehead atoms. The molecule has 0 atom stereocenters. The molecule has 160 valence electrons. The number of hydrogen-bond acceptors (Lipinski definition) is 5. The highest BCUT2D eigenvalue weighted by Gasteiger charge is 2.25. The van der Waals surface area contributed by atoms with Crippen molar-refractivity contribution in [2.45, 2.75) is 23.8 Å². The van der Waals surface area contributed by atoms with Crippen LogP contribution in [0.25, 0.3) is 0 Å². The van der Waals surface area contributed by atoms with Crippen molar-refractivity contribution < 1.29 is 22.7 Å². The average Bonchev–Trinajstić information content (AvgIpc) is 2.73. The molecular weight excluding hydrogens is 408 g/mol. The van der Waals surface area contributed by atoms with Gasteiger partial charge in [-0.2, -0.15) is 0 Å². The maximum atomic E-state index is 12.7. The van der Waals surface area contributed by atoms with Gasteiger partial charge in [0.1, 0.15) is 5.75 Å². The summed E-state index contributed by atoms with van der Waals surface area (Å²) in [6.45, 7) is 0.968. The van der Waals surface area contributed by atoms with Gasteiger partial charge in [0.2, 0.25) is 10.0 Å². The van der Waals surface area contributed by atoms with Gasteiger partial charge in [-0.3, -0.25) is 4.79 Å². The molecule has 9 nitrogen and oxygen atoms in total. The summed E-state index contributed by atoms with van der Waals surface area (Å²) in [6.07, 6.45) is 1.15. The number of urea groups is 1. The standard InChI is InChI=1S/C20H24N4O5S/c1-29-18-8-7-16(30(21,27)28)13-17(18)19(25)22-15-9-11-24(12-10-15)20(26)23-14-5-3-2-4-6-14/h2-8,13,15H,9-12H2,1H3,(H,22,25)(H,23,26)(H2,21,27,28). The first-order valence-electron chi connectivity index (χ1n) is 9.40. The van der Waals surface area contributed by atoms with Crippen LogP contribution in [0.15, 0.2) is 53.4 Å². The molecule has 1 aliphatic rings. The molecule has 30 heavy (non-hydrogen) atoms. The molecule has 4 N–H and O–H groups in total. The van der Waals surface area contributed by atoms with Crippen LogP contribution < -0.4 is 20.5 Å². The third-order valence-electron chi connectivity index (χ3n) is 4.89. The predicted molar refractivity (Wildman–Crippen MR) is 112 cm³/mol. The van der Waals surface area contributed by atoms with E-state index in [4.69, 9.17) is 9.88 Å². The van der Waals surface area contributed by atoms with E-state index < -0.39 is 15.9 Å². The van der Waals surface area contributed by atoms with Crippen LogP contribution in [0.2, 0.25) is 0 Å². The zero-order valence-electron chi connectivity index (χ0n) is 16.5. The number of rotatable bonds is 5. The SMILES string of the molecule is COc1ccc(S(N)(=O)=O)cc1C(=O)NC1CCN(C(=O)Nc2ccccc2)CC1. The van der Waals surface area contributed by atoms with Crippen molar-refractivity contribution in [1.29, 1.82) is 0 Å². The van der Waals surface area contributed by atoms with Crippen molar-refractivity contribution in [2.24, 2.45) is 5.14 Å². The van der Waals surface area contributed by atoms with Crippen molar-refractivity contribution in [3.63, 3.8) is 0 Å². The van der Waals surface area contributed by atoms with Crippen molar-refractivity contribution in [2.75, 3.05) is 25.5 Å². The Morgan fingerprint density at radius 2 is 1.77 bits per heavy atom. The van der Waals surface area contributed by atoms with Crippen LogP contribution in [0.5, 0.6) is 5.75 Å². The lowest BCUT2D eigenvalue weighted by Gasteiger charge is -2.32. The first-order valence-corrected chi connectivity index (χ1v) is 11.0. The lowest BCUT2D eigenvalue weighted by Crippen LogP contribution is -2.47. The normalized spacial score (nSPS) is 14.8. The number of anilines is 1. The zero-order chi connectivity index (χ0) is 21.7. The number of hydrogen-bond donors (Lipinski definition) is 3. The van der Waals surface area contributed by atoms with E-state index in [0.717, 1.165) is 5.69 Å². The highest BCUT2D eigenvalue weighted by Crippen LogP contribution is 2.23. The van der Waals surface area contributed by atoms with Gasteiger partial charge in [-0.25, -0.2) is 18.4 Å². The highest BCUT2D eigenvalue weighted by molar-refractivity contribution is 7.89. The number of primary sulfonamides is 1. The van der Waals surface area contributed by atoms with E-state index >= 15 is 0 Å². The third kappa shape index (κ3) is 5.28. The summed E-state index contributed by atoms with van der Waals surface area (Å²) in [5.41, 5.74) is 0.813. The molecule has 1 fully saturated rings. The smallest absolute Gasteiger partial charge is 0.321 e. The first kappa shape index (κ1) is 21.6. The number of para-hydroxylation sites is 1. The van der Waals surface area contributed by atoms with Crippen LogP contribution in [0.4, 0.5) is 10.5 Å². The molecule has 0 aliphatic carbocycles. The summed E-state index contributed by atoms with van der Waals surface area (Å²) in [5, 5.41) is 10.9. The van der Waals surface area contributed by atoms with Gasteiger partial charge in [-0.15, -0.1) is 0 Å². The van der Waals surface area contributed by atoms with Crippen LogP contribution in [0.1, 0.15) is 23.2 Å². The van der Waals surface area contributed by atoms with Crippen LogP contribution >= 0.6 is 0 Å². The fourth-order valence-corrected chi connectivity index (χ4v) is 3.80. The first-order chi connectivity index (χ1) is 14.3. The molecule has 0 unspecified atom stereocenters. The number of carbonyl (C=O) groups excluding carboxylic acids is 2. The Morgan fingerprint density at radius 1 is 1.10 bits per heavy atom. The third-order valence-corrected chi connectivity index (χ3v) is 5.80. The van der Waals surface area contributed by atoms with Crippen molar-refractivity contribution in [1.82, 2.24) is 10.2 Å². The molecule has 1 saturated heterocycles. The molecule has 10 heteroatoms. The number of methoxy groups -OCH3 is 1. The van der Waals surface area contributed by atoms with Crippen molar-refractivity contribution in [3.05, 3.63) is 54.1 Å². The lowest BCUT2D eigenvalue weighted by atomic mass is 10.0. The molecule has 0 spiro atoms. The number of ether oxygens (including phenoxy) is 1. The largest absolute Gasteiger partial charge is 0.496 e. The zero-order valence-corrected chi connectivity index (χ0v) is 17.3. The van der Waals surface area contributed by atoms with E-state index in [2.05, 4.69) is 10.6 Å². The van der Waals surface area contributed by atoms with E-state index in [0.29, 0.717) is 25.9 Å². The van der Waals surface area contributed by atoms with Gasteiger partial charge < -0.3 is 20.3 Å². The summed E-state index contributed by atoms with van der Waals surface area (Å²) in [5.74, 6) is -0.205. The quantitative estimate of drug-likeness (QED) is 0.663. The molecule has 0 radical (unpaired) electrons. The number of nitrogens with one attached hydrogen (secondary N) is 2. The van der Waals surface area contributed by atoms with E-state index in [1.165, 1.54) is 25.3 Å². The maximum Gasteiger partial charge on any atom is 0.321 e. The van der Waals surface area contributed by atoms with Gasteiger partial charge in [-0.1, -0.05) is 18.2 Å². The minimum Gasteiger partial charge on any atom is -0.496 e. The molecule has 2 aromatic carbocycles. The van der Waals surface area contributed by atoms with Gasteiger partial charge in [0.25, 0.3) is 5.91 Å². The topological polar surface area (TPSA) is 131 Å². The van der Waals surface area contributed by atoms with Crippen LogP contribution in [0, 0.1) is 0 Å². The highest BCUT2D eigenvalue weighted by atomic mass is 32.2. The number of benzene rings is 2. The van der Waals surface area contributed by atoms with Gasteiger partial charge in [0.15, 0.2) is 0 Å². The summed E-state index contributed by atoms with van der Waals surface area (Å²) < 4.78 is 28.4. The molecule has 2 aromatic rings. The second-order valence-corrected chi connectivity index (χ2v) is 8.50. The van der Waals surface area contributed by atoms with E-state index in [1.54, 1.807) is 4.90 Å². The molecule has 1 heterocycles. The minimum atomic E-state index is -3.95. The number of nitrogens with zero attached hydrogens (tertiary/aromatic N) is 1. The number of carbonyl (C=O) groups is 2. The summed E-state index contributed by atoms with van der Waals surface area (Å²) in [7, 11) is -2.55. The van der Waals surface area contributed by atoms with Crippen molar-refractivity contribution >= 4 is 27.6 Å². The molecule has 3 amide bonds. The fraction of sp³-hybridized carbons (Fsp3) is 0.300. The van der Waals surface area contributed by atoms with Crippen LogP contribution in [-0.4, -0.2) is 51.5 Å². The second-order valence-electron chi connectivity index (χ2n) is 6.94. The number of amides is 3. The Balaban J connectivity index is 1.60. The maximum absolute atomic E-state index is 12.7. The molecule has 3 rings (SSSR count).